The summed E-state index contributed by atoms with van der Waals surface area (Å²) >= 11 is 1.59. The number of benzene rings is 2. The van der Waals surface area contributed by atoms with E-state index in [9.17, 15) is 4.79 Å². The van der Waals surface area contributed by atoms with Gasteiger partial charge in [0.05, 0.1) is 33.5 Å². The summed E-state index contributed by atoms with van der Waals surface area (Å²) < 4.78 is 1.77. The summed E-state index contributed by atoms with van der Waals surface area (Å²) in [6.07, 6.45) is 1.57. The second-order valence-electron chi connectivity index (χ2n) is 6.46. The second-order valence-corrected chi connectivity index (χ2v) is 7.41. The number of para-hydroxylation sites is 3. The Morgan fingerprint density at radius 2 is 1.73 bits per heavy atom. The summed E-state index contributed by atoms with van der Waals surface area (Å²) in [5.74, 6) is 0.0838. The van der Waals surface area contributed by atoms with Gasteiger partial charge in [-0.1, -0.05) is 36.4 Å². The summed E-state index contributed by atoms with van der Waals surface area (Å²) in [6, 6.07) is 23.0. The number of hydrogen-bond donors (Lipinski definition) is 2. The van der Waals surface area contributed by atoms with Crippen LogP contribution in [0.3, 0.4) is 0 Å². The van der Waals surface area contributed by atoms with E-state index >= 15 is 0 Å². The third kappa shape index (κ3) is 3.51. The van der Waals surface area contributed by atoms with Crippen LogP contribution in [0.5, 0.6) is 0 Å². The van der Waals surface area contributed by atoms with E-state index < -0.39 is 0 Å². The molecule has 0 aliphatic heterocycles. The van der Waals surface area contributed by atoms with Crippen molar-refractivity contribution in [3.05, 3.63) is 90.1 Å². The van der Waals surface area contributed by atoms with Gasteiger partial charge in [0.25, 0.3) is 5.91 Å². The molecular formula is C22H16N6OS. The highest BCUT2D eigenvalue weighted by Gasteiger charge is 2.17. The molecule has 5 aromatic rings. The van der Waals surface area contributed by atoms with Crippen molar-refractivity contribution in [1.29, 1.82) is 0 Å². The van der Waals surface area contributed by atoms with Crippen molar-refractivity contribution in [3.63, 3.8) is 0 Å². The van der Waals surface area contributed by atoms with E-state index in [0.717, 1.165) is 27.3 Å². The summed E-state index contributed by atoms with van der Waals surface area (Å²) in [5.41, 5.74) is 9.03. The lowest BCUT2D eigenvalue weighted by atomic mass is 10.2. The molecule has 3 aromatic heterocycles. The van der Waals surface area contributed by atoms with Crippen LogP contribution in [-0.2, 0) is 0 Å². The molecule has 3 heterocycles. The van der Waals surface area contributed by atoms with E-state index in [1.54, 1.807) is 28.3 Å². The first kappa shape index (κ1) is 18.0. The molecule has 2 aromatic carbocycles. The molecule has 146 valence electrons. The Morgan fingerprint density at radius 1 is 0.933 bits per heavy atom. The number of nitrogens with one attached hydrogen (secondary N) is 2. The molecule has 0 spiro atoms. The first-order valence-electron chi connectivity index (χ1n) is 9.25. The normalized spacial score (nSPS) is 10.8. The lowest BCUT2D eigenvalue weighted by Gasteiger charge is -2.07. The summed E-state index contributed by atoms with van der Waals surface area (Å²) in [4.78, 5) is 22.5. The van der Waals surface area contributed by atoms with Gasteiger partial charge in [-0.3, -0.25) is 20.6 Å². The topological polar surface area (TPSA) is 84.7 Å². The zero-order valence-electron chi connectivity index (χ0n) is 15.7. The minimum atomic E-state index is -0.363. The van der Waals surface area contributed by atoms with Gasteiger partial charge in [-0.05, 0) is 41.8 Å². The van der Waals surface area contributed by atoms with Gasteiger partial charge in [0, 0.05) is 0 Å². The third-order valence-electron chi connectivity index (χ3n) is 4.47. The highest BCUT2D eigenvalue weighted by atomic mass is 32.1. The van der Waals surface area contributed by atoms with E-state index in [2.05, 4.69) is 25.9 Å². The van der Waals surface area contributed by atoms with Crippen molar-refractivity contribution >= 4 is 34.1 Å². The van der Waals surface area contributed by atoms with Crippen LogP contribution in [0.2, 0.25) is 0 Å². The number of hydrogen-bond acceptors (Lipinski definition) is 6. The summed E-state index contributed by atoms with van der Waals surface area (Å²) in [7, 11) is 0. The number of aromatic nitrogens is 4. The number of amides is 1. The highest BCUT2D eigenvalue weighted by molar-refractivity contribution is 7.13. The van der Waals surface area contributed by atoms with Crippen molar-refractivity contribution in [2.24, 2.45) is 0 Å². The van der Waals surface area contributed by atoms with Gasteiger partial charge >= 0.3 is 0 Å². The molecule has 0 fully saturated rings. The lowest BCUT2D eigenvalue weighted by molar-refractivity contribution is 0.0957. The van der Waals surface area contributed by atoms with E-state index in [-0.39, 0.29) is 5.91 Å². The quantitative estimate of drug-likeness (QED) is 0.421. The number of rotatable bonds is 5. The number of hydrazine groups is 1. The van der Waals surface area contributed by atoms with Gasteiger partial charge < -0.3 is 0 Å². The van der Waals surface area contributed by atoms with Crippen molar-refractivity contribution in [1.82, 2.24) is 25.2 Å². The fourth-order valence-corrected chi connectivity index (χ4v) is 3.79. The molecular weight excluding hydrogens is 396 g/mol. The molecule has 0 atom stereocenters. The van der Waals surface area contributed by atoms with Crippen LogP contribution in [0.15, 0.2) is 84.4 Å². The van der Waals surface area contributed by atoms with Crippen LogP contribution in [0.25, 0.3) is 27.3 Å². The molecule has 0 radical (unpaired) electrons. The zero-order valence-corrected chi connectivity index (χ0v) is 16.5. The maximum absolute atomic E-state index is 12.8. The molecule has 8 heteroatoms. The van der Waals surface area contributed by atoms with E-state index in [0.29, 0.717) is 11.5 Å². The number of carbonyl (C=O) groups excluding carboxylic acids is 1. The fourth-order valence-electron chi connectivity index (χ4n) is 3.06. The van der Waals surface area contributed by atoms with Gasteiger partial charge in [-0.15, -0.1) is 11.3 Å². The van der Waals surface area contributed by atoms with Gasteiger partial charge in [0.2, 0.25) is 0 Å². The number of anilines is 1. The van der Waals surface area contributed by atoms with Gasteiger partial charge in [-0.2, -0.15) is 5.10 Å². The van der Waals surface area contributed by atoms with E-state index in [1.807, 2.05) is 72.1 Å². The molecule has 5 rings (SSSR count). The van der Waals surface area contributed by atoms with Gasteiger partial charge in [-0.25, -0.2) is 9.67 Å². The summed E-state index contributed by atoms with van der Waals surface area (Å²) in [6.45, 7) is 0. The monoisotopic (exact) mass is 412 g/mol. The average Bonchev–Trinajstić information content (AvgIpc) is 3.48. The van der Waals surface area contributed by atoms with Crippen LogP contribution >= 0.6 is 11.3 Å². The fraction of sp³-hybridized carbons (Fsp3) is 0. The van der Waals surface area contributed by atoms with Gasteiger partial charge in [0.15, 0.2) is 11.5 Å². The number of nitrogens with zero attached hydrogens (tertiary/aromatic N) is 4. The maximum Gasteiger partial charge on any atom is 0.290 e. The highest BCUT2D eigenvalue weighted by Crippen LogP contribution is 2.28. The Morgan fingerprint density at radius 3 is 2.53 bits per heavy atom. The Labute approximate surface area is 176 Å². The minimum absolute atomic E-state index is 0.295. The maximum atomic E-state index is 12.8. The molecule has 0 unspecified atom stereocenters. The predicted molar refractivity (Wildman–Crippen MR) is 118 cm³/mol. The second kappa shape index (κ2) is 7.76. The average molecular weight is 412 g/mol. The van der Waals surface area contributed by atoms with Crippen LogP contribution in [0, 0.1) is 0 Å². The number of fused-ring (bicyclic) bond motifs is 1. The van der Waals surface area contributed by atoms with E-state index in [4.69, 9.17) is 0 Å². The third-order valence-corrected chi connectivity index (χ3v) is 5.36. The standard InChI is InChI=1S/C22H16N6OS/c29-22(26-25-21-14-23-16-9-4-5-10-17(16)24-21)18-13-19(20-11-6-12-30-20)28(27-18)15-7-2-1-3-8-15/h1-14H,(H,24,25)(H,26,29). The van der Waals surface area contributed by atoms with Crippen molar-refractivity contribution in [3.8, 4) is 16.3 Å². The molecule has 0 aliphatic rings. The van der Waals surface area contributed by atoms with Gasteiger partial charge in [0.1, 0.15) is 0 Å². The smallest absolute Gasteiger partial charge is 0.280 e. The van der Waals surface area contributed by atoms with Crippen LogP contribution in [-0.4, -0.2) is 25.7 Å². The molecule has 2 N–H and O–H groups in total. The van der Waals surface area contributed by atoms with E-state index in [1.165, 1.54) is 0 Å². The number of carbonyl (C=O) groups is 1. The van der Waals surface area contributed by atoms with Crippen molar-refractivity contribution in [2.75, 3.05) is 5.43 Å². The predicted octanol–water partition coefficient (Wildman–Crippen LogP) is 4.30. The van der Waals surface area contributed by atoms with Crippen LogP contribution in [0.1, 0.15) is 10.5 Å². The van der Waals surface area contributed by atoms with Crippen molar-refractivity contribution in [2.45, 2.75) is 0 Å². The molecule has 0 saturated carbocycles. The SMILES string of the molecule is O=C(NNc1cnc2ccccc2n1)c1cc(-c2cccs2)n(-c2ccccc2)n1. The first-order chi connectivity index (χ1) is 14.8. The van der Waals surface area contributed by atoms with Crippen LogP contribution < -0.4 is 10.9 Å². The Kier molecular flexibility index (Phi) is 4.66. The molecule has 7 nitrogen and oxygen atoms in total. The lowest BCUT2D eigenvalue weighted by Crippen LogP contribution is -2.30. The molecule has 1 amide bonds. The molecule has 30 heavy (non-hydrogen) atoms. The largest absolute Gasteiger partial charge is 0.290 e. The molecule has 0 saturated heterocycles. The van der Waals surface area contributed by atoms with Crippen LogP contribution in [0.4, 0.5) is 5.82 Å². The van der Waals surface area contributed by atoms with Crippen molar-refractivity contribution < 1.29 is 4.79 Å². The molecule has 0 bridgehead atoms. The Balaban J connectivity index is 1.41. The molecule has 0 aliphatic carbocycles. The Bertz CT molecular complexity index is 1310. The zero-order chi connectivity index (χ0) is 20.3. The first-order valence-corrected chi connectivity index (χ1v) is 10.1. The minimum Gasteiger partial charge on any atom is -0.280 e. The summed E-state index contributed by atoms with van der Waals surface area (Å²) in [5, 5.41) is 6.53. The Hall–Kier alpha value is -4.04. The number of thiophene rings is 1.